The van der Waals surface area contributed by atoms with Gasteiger partial charge in [-0.15, -0.1) is 0 Å². The normalized spacial score (nSPS) is 11.6. The first-order valence-electron chi connectivity index (χ1n) is 13.6. The Morgan fingerprint density at radius 3 is 0.750 bits per heavy atom. The third-order valence-electron chi connectivity index (χ3n) is 6.12. The van der Waals surface area contributed by atoms with Crippen molar-refractivity contribution >= 4 is 0 Å². The summed E-state index contributed by atoms with van der Waals surface area (Å²) in [6.07, 6.45) is 39.4. The predicted octanol–water partition coefficient (Wildman–Crippen LogP) is 10.9. The van der Waals surface area contributed by atoms with Crippen LogP contribution in [0, 0.1) is 0 Å². The summed E-state index contributed by atoms with van der Waals surface area (Å²) in [5.74, 6) is 0. The van der Waals surface area contributed by atoms with E-state index in [0.717, 1.165) is 0 Å². The predicted molar refractivity (Wildman–Crippen MR) is 131 cm³/mol. The van der Waals surface area contributed by atoms with E-state index in [0.29, 0.717) is 0 Å². The highest BCUT2D eigenvalue weighted by molar-refractivity contribution is 4.81. The number of hydrogen-bond donors (Lipinski definition) is 0. The van der Waals surface area contributed by atoms with Gasteiger partial charge in [0.1, 0.15) is 0 Å². The van der Waals surface area contributed by atoms with Crippen molar-refractivity contribution < 1.29 is 0 Å². The SMILES string of the molecule is CCCCCCCCCCCCC/C=C\CCCCCCCCCCCCC. The lowest BCUT2D eigenvalue weighted by Gasteiger charge is -2.02. The summed E-state index contributed by atoms with van der Waals surface area (Å²) >= 11 is 0. The van der Waals surface area contributed by atoms with E-state index in [1.54, 1.807) is 0 Å². The molecule has 0 aromatic carbocycles. The van der Waals surface area contributed by atoms with E-state index in [4.69, 9.17) is 0 Å². The third kappa shape index (κ3) is 25.7. The molecule has 0 atom stereocenters. The third-order valence-corrected chi connectivity index (χ3v) is 6.12. The van der Waals surface area contributed by atoms with Gasteiger partial charge in [-0.05, 0) is 25.7 Å². The Morgan fingerprint density at radius 1 is 0.286 bits per heavy atom. The number of rotatable bonds is 24. The summed E-state index contributed by atoms with van der Waals surface area (Å²) in [6, 6.07) is 0. The monoisotopic (exact) mass is 392 g/mol. The van der Waals surface area contributed by atoms with Gasteiger partial charge in [0.05, 0.1) is 0 Å². The second-order valence-corrected chi connectivity index (χ2v) is 9.12. The van der Waals surface area contributed by atoms with Gasteiger partial charge in [-0.2, -0.15) is 0 Å². The van der Waals surface area contributed by atoms with E-state index < -0.39 is 0 Å². The van der Waals surface area contributed by atoms with Crippen LogP contribution in [0.25, 0.3) is 0 Å². The van der Waals surface area contributed by atoms with Gasteiger partial charge < -0.3 is 0 Å². The van der Waals surface area contributed by atoms with Crippen LogP contribution >= 0.6 is 0 Å². The van der Waals surface area contributed by atoms with E-state index >= 15 is 0 Å². The fourth-order valence-corrected chi connectivity index (χ4v) is 4.09. The quantitative estimate of drug-likeness (QED) is 0.113. The van der Waals surface area contributed by atoms with Crippen LogP contribution in [0.2, 0.25) is 0 Å². The molecule has 0 bridgehead atoms. The van der Waals surface area contributed by atoms with Crippen LogP contribution in [0.15, 0.2) is 12.2 Å². The van der Waals surface area contributed by atoms with Crippen LogP contribution in [0.4, 0.5) is 0 Å². The minimum Gasteiger partial charge on any atom is -0.0885 e. The maximum atomic E-state index is 2.45. The number of unbranched alkanes of at least 4 members (excludes halogenated alkanes) is 22. The average Bonchev–Trinajstić information content (AvgIpc) is 2.71. The lowest BCUT2D eigenvalue weighted by Crippen LogP contribution is -1.82. The summed E-state index contributed by atoms with van der Waals surface area (Å²) in [5, 5.41) is 0. The van der Waals surface area contributed by atoms with Crippen LogP contribution in [0.3, 0.4) is 0 Å². The highest BCUT2D eigenvalue weighted by Crippen LogP contribution is 2.13. The van der Waals surface area contributed by atoms with Crippen LogP contribution < -0.4 is 0 Å². The van der Waals surface area contributed by atoms with Crippen molar-refractivity contribution in [2.24, 2.45) is 0 Å². The molecule has 0 fully saturated rings. The standard InChI is InChI=1S/C28H56/c1-3-5-7-9-11-13-15-17-19-21-23-25-27-28-26-24-22-20-18-16-14-12-10-8-6-4-2/h27-28H,3-26H2,1-2H3/b28-27-. The Kier molecular flexibility index (Phi) is 26.5. The van der Waals surface area contributed by atoms with Crippen molar-refractivity contribution in [2.45, 2.75) is 168 Å². The molecule has 0 N–H and O–H groups in total. The summed E-state index contributed by atoms with van der Waals surface area (Å²) in [4.78, 5) is 0. The first-order chi connectivity index (χ1) is 13.9. The first kappa shape index (κ1) is 27.7. The van der Waals surface area contributed by atoms with Crippen molar-refractivity contribution in [1.82, 2.24) is 0 Å². The van der Waals surface area contributed by atoms with Crippen LogP contribution in [0.5, 0.6) is 0 Å². The second kappa shape index (κ2) is 26.7. The van der Waals surface area contributed by atoms with Gasteiger partial charge in [0, 0.05) is 0 Å². The zero-order chi connectivity index (χ0) is 20.4. The molecule has 0 aliphatic heterocycles. The molecule has 168 valence electrons. The molecule has 0 spiro atoms. The number of hydrogen-bond acceptors (Lipinski definition) is 0. The van der Waals surface area contributed by atoms with Gasteiger partial charge >= 0.3 is 0 Å². The maximum absolute atomic E-state index is 2.45. The maximum Gasteiger partial charge on any atom is -0.0351 e. The van der Waals surface area contributed by atoms with E-state index in [-0.39, 0.29) is 0 Å². The van der Waals surface area contributed by atoms with Crippen LogP contribution in [-0.2, 0) is 0 Å². The topological polar surface area (TPSA) is 0 Å². The zero-order valence-corrected chi connectivity index (χ0v) is 20.1. The molecular weight excluding hydrogens is 336 g/mol. The fourth-order valence-electron chi connectivity index (χ4n) is 4.09. The van der Waals surface area contributed by atoms with Gasteiger partial charge in [-0.25, -0.2) is 0 Å². The molecule has 0 aliphatic carbocycles. The Balaban J connectivity index is 3.05. The summed E-state index contributed by atoms with van der Waals surface area (Å²) in [7, 11) is 0. The summed E-state index contributed by atoms with van der Waals surface area (Å²) in [6.45, 7) is 4.60. The van der Waals surface area contributed by atoms with Crippen molar-refractivity contribution in [1.29, 1.82) is 0 Å². The summed E-state index contributed by atoms with van der Waals surface area (Å²) < 4.78 is 0. The van der Waals surface area contributed by atoms with Gasteiger partial charge in [0.25, 0.3) is 0 Å². The molecule has 0 unspecified atom stereocenters. The molecule has 0 nitrogen and oxygen atoms in total. The van der Waals surface area contributed by atoms with E-state index in [9.17, 15) is 0 Å². The summed E-state index contributed by atoms with van der Waals surface area (Å²) in [5.41, 5.74) is 0. The lowest BCUT2D eigenvalue weighted by molar-refractivity contribution is 0.549. The van der Waals surface area contributed by atoms with Crippen molar-refractivity contribution in [3.8, 4) is 0 Å². The average molecular weight is 393 g/mol. The largest absolute Gasteiger partial charge is 0.0885 e. The molecule has 28 heavy (non-hydrogen) atoms. The Labute approximate surface area is 180 Å². The lowest BCUT2D eigenvalue weighted by atomic mass is 10.0. The first-order valence-corrected chi connectivity index (χ1v) is 13.6. The van der Waals surface area contributed by atoms with Crippen molar-refractivity contribution in [3.05, 3.63) is 12.2 Å². The minimum atomic E-state index is 1.31. The van der Waals surface area contributed by atoms with Gasteiger partial charge in [0.2, 0.25) is 0 Å². The smallest absolute Gasteiger partial charge is 0.0351 e. The zero-order valence-electron chi connectivity index (χ0n) is 20.1. The van der Waals surface area contributed by atoms with E-state index in [2.05, 4.69) is 26.0 Å². The number of allylic oxidation sites excluding steroid dienone is 2. The molecular formula is C28H56. The van der Waals surface area contributed by atoms with Gasteiger partial charge in [-0.1, -0.05) is 154 Å². The molecule has 0 aliphatic rings. The van der Waals surface area contributed by atoms with Gasteiger partial charge in [-0.3, -0.25) is 0 Å². The highest BCUT2D eigenvalue weighted by atomic mass is 14.0. The van der Waals surface area contributed by atoms with Gasteiger partial charge in [0.15, 0.2) is 0 Å². The molecule has 0 radical (unpaired) electrons. The molecule has 0 rings (SSSR count). The molecule has 0 heterocycles. The van der Waals surface area contributed by atoms with E-state index in [1.807, 2.05) is 0 Å². The Morgan fingerprint density at radius 2 is 0.500 bits per heavy atom. The molecule has 0 saturated heterocycles. The minimum absolute atomic E-state index is 1.31. The van der Waals surface area contributed by atoms with Crippen LogP contribution in [-0.4, -0.2) is 0 Å². The van der Waals surface area contributed by atoms with Crippen LogP contribution in [0.1, 0.15) is 168 Å². The molecule has 0 aromatic heterocycles. The molecule has 0 saturated carbocycles. The molecule has 0 heteroatoms. The van der Waals surface area contributed by atoms with E-state index in [1.165, 1.54) is 154 Å². The molecule has 0 amide bonds. The van der Waals surface area contributed by atoms with Crippen molar-refractivity contribution in [3.63, 3.8) is 0 Å². The molecule has 0 aromatic rings. The fraction of sp³-hybridized carbons (Fsp3) is 0.929. The van der Waals surface area contributed by atoms with Crippen molar-refractivity contribution in [2.75, 3.05) is 0 Å². The Hall–Kier alpha value is -0.260. The second-order valence-electron chi connectivity index (χ2n) is 9.12. The Bertz CT molecular complexity index is 250. The highest BCUT2D eigenvalue weighted by Gasteiger charge is 1.94.